The molecule has 20 nitrogen and oxygen atoms in total. The van der Waals surface area contributed by atoms with Gasteiger partial charge in [0.2, 0.25) is 5.78 Å². The van der Waals surface area contributed by atoms with Crippen LogP contribution in [0.4, 0.5) is 34.1 Å². The monoisotopic (exact) mass is 979 g/mol. The second-order valence-electron chi connectivity index (χ2n) is 12.6. The van der Waals surface area contributed by atoms with Gasteiger partial charge in [-0.25, -0.2) is 33.7 Å². The number of nitrogens with two attached hydrogens (primary N) is 1. The fourth-order valence-corrected chi connectivity index (χ4v) is 8.12. The van der Waals surface area contributed by atoms with E-state index in [2.05, 4.69) is 31.0 Å². The molecule has 0 amide bonds. The molecule has 6 aromatic carbocycles. The molecule has 1 aliphatic carbocycles. The zero-order chi connectivity index (χ0) is 43.4. The van der Waals surface area contributed by atoms with E-state index >= 15 is 0 Å². The Kier molecular flexibility index (Phi) is 18.7. The molecule has 0 aliphatic heterocycles. The van der Waals surface area contributed by atoms with Crippen LogP contribution in [0.5, 0.6) is 0 Å². The van der Waals surface area contributed by atoms with E-state index in [-0.39, 0.29) is 185 Å². The van der Waals surface area contributed by atoms with Crippen molar-refractivity contribution >= 4 is 114 Å². The predicted molar refractivity (Wildman–Crippen MR) is 210 cm³/mol. The SMILES string of the molecule is Nc1ccc2c(c1)C=C(S(=O)(=O)[O-])/C(=N\Nc1ccc(N=Nc3ccc(N=Nc4cccc(S(=O)(=O)[O-])c4)c4ccc(S(=O)(=O)[O-])cc34)c3ccc(S(=O)(=O)[O-])cc13)C2=O.[Na+].[Na+].[Na+].[Na+]. The number of carbonyl (C=O) groups is 1. The maximum atomic E-state index is 13.4. The molecule has 7 rings (SSSR count). The minimum atomic E-state index is -5.29. The Morgan fingerprint density at radius 1 is 0.500 bits per heavy atom. The Bertz CT molecular complexity index is 3470. The van der Waals surface area contributed by atoms with Crippen LogP contribution in [0.25, 0.3) is 27.6 Å². The summed E-state index contributed by atoms with van der Waals surface area (Å²) in [5, 5.41) is 20.7. The van der Waals surface area contributed by atoms with Gasteiger partial charge in [0.1, 0.15) is 46.2 Å². The van der Waals surface area contributed by atoms with E-state index in [0.29, 0.717) is 0 Å². The molecule has 0 saturated carbocycles. The molecular formula is C36H21N7Na4O13S4. The van der Waals surface area contributed by atoms with Gasteiger partial charge in [-0.1, -0.05) is 18.2 Å². The first-order valence-corrected chi connectivity index (χ1v) is 22.1. The number of hydrogen-bond acceptors (Lipinski definition) is 20. The summed E-state index contributed by atoms with van der Waals surface area (Å²) in [5.41, 5.74) is 7.62. The Balaban J connectivity index is 0.00000272. The van der Waals surface area contributed by atoms with Crippen molar-refractivity contribution in [3.63, 3.8) is 0 Å². The van der Waals surface area contributed by atoms with Gasteiger partial charge in [0, 0.05) is 32.8 Å². The van der Waals surface area contributed by atoms with Crippen LogP contribution >= 0.6 is 0 Å². The van der Waals surface area contributed by atoms with Gasteiger partial charge in [0.25, 0.3) is 0 Å². The number of nitrogen functional groups attached to an aromatic ring is 1. The van der Waals surface area contributed by atoms with Crippen LogP contribution in [0.15, 0.2) is 148 Å². The van der Waals surface area contributed by atoms with E-state index in [1.54, 1.807) is 0 Å². The van der Waals surface area contributed by atoms with Crippen molar-refractivity contribution in [1.29, 1.82) is 0 Å². The van der Waals surface area contributed by atoms with E-state index in [0.717, 1.165) is 42.5 Å². The number of carbonyl (C=O) groups excluding carboxylic acids is 1. The average Bonchev–Trinajstić information content (AvgIpc) is 3.17. The van der Waals surface area contributed by atoms with Gasteiger partial charge in [-0.05, 0) is 96.6 Å². The van der Waals surface area contributed by atoms with E-state index in [1.165, 1.54) is 66.7 Å². The Morgan fingerprint density at radius 2 is 1.00 bits per heavy atom. The molecule has 0 fully saturated rings. The molecule has 64 heavy (non-hydrogen) atoms. The average molecular weight is 980 g/mol. The van der Waals surface area contributed by atoms with Crippen LogP contribution in [-0.4, -0.2) is 63.4 Å². The third kappa shape index (κ3) is 12.5. The molecule has 28 heteroatoms. The Hall–Kier alpha value is -2.64. The van der Waals surface area contributed by atoms with Crippen molar-refractivity contribution in [1.82, 2.24) is 0 Å². The number of Topliss-reactive ketones (excluding diaryl/α,β-unsaturated/α-hetero) is 1. The van der Waals surface area contributed by atoms with Gasteiger partial charge in [0.05, 0.1) is 48.0 Å². The minimum Gasteiger partial charge on any atom is -0.744 e. The molecule has 0 unspecified atom stereocenters. The third-order valence-corrected chi connectivity index (χ3v) is 12.1. The normalized spacial score (nSPS) is 13.7. The number of anilines is 2. The number of benzene rings is 6. The molecule has 0 spiro atoms. The number of hydrazone groups is 1. The molecule has 0 atom stereocenters. The number of nitrogens with one attached hydrogen (secondary N) is 1. The summed E-state index contributed by atoms with van der Waals surface area (Å²) in [6.07, 6.45) is 0.928. The molecule has 3 N–H and O–H groups in total. The smallest absolute Gasteiger partial charge is 0.744 e. The molecule has 6 aromatic rings. The van der Waals surface area contributed by atoms with Gasteiger partial charge >= 0.3 is 118 Å². The van der Waals surface area contributed by atoms with Crippen molar-refractivity contribution in [2.45, 2.75) is 14.7 Å². The molecule has 0 radical (unpaired) electrons. The fraction of sp³-hybridized carbons (Fsp3) is 0. The molecule has 306 valence electrons. The third-order valence-electron chi connectivity index (χ3n) is 8.74. The van der Waals surface area contributed by atoms with Gasteiger partial charge < -0.3 is 23.9 Å². The molecule has 0 aromatic heterocycles. The number of azo groups is 2. The first-order valence-electron chi connectivity index (χ1n) is 16.5. The van der Waals surface area contributed by atoms with Crippen LogP contribution in [0, 0.1) is 0 Å². The van der Waals surface area contributed by atoms with Crippen molar-refractivity contribution in [3.05, 3.63) is 119 Å². The van der Waals surface area contributed by atoms with Crippen LogP contribution in [0.1, 0.15) is 15.9 Å². The van der Waals surface area contributed by atoms with Crippen LogP contribution in [0.2, 0.25) is 0 Å². The topological polar surface area (TPSA) is 346 Å². The predicted octanol–water partition coefficient (Wildman–Crippen LogP) is -6.32. The summed E-state index contributed by atoms with van der Waals surface area (Å²) in [7, 11) is -20.2. The van der Waals surface area contributed by atoms with Crippen molar-refractivity contribution < 1.29 is 175 Å². The first-order chi connectivity index (χ1) is 28.1. The first kappa shape index (κ1) is 55.7. The maximum Gasteiger partial charge on any atom is 1.00 e. The second kappa shape index (κ2) is 21.5. The van der Waals surface area contributed by atoms with E-state index in [4.69, 9.17) is 5.73 Å². The summed E-state index contributed by atoms with van der Waals surface area (Å²) in [6, 6.07) is 20.4. The van der Waals surface area contributed by atoms with E-state index in [9.17, 15) is 56.7 Å². The minimum absolute atomic E-state index is 0. The van der Waals surface area contributed by atoms with Crippen molar-refractivity contribution in [3.8, 4) is 0 Å². The van der Waals surface area contributed by atoms with Crippen molar-refractivity contribution in [2.75, 3.05) is 11.2 Å². The number of ketones is 1. The maximum absolute atomic E-state index is 13.4. The van der Waals surface area contributed by atoms with Gasteiger partial charge in [-0.15, -0.1) is 15.3 Å². The number of fused-ring (bicyclic) bond motifs is 3. The van der Waals surface area contributed by atoms with Crippen LogP contribution in [-0.2, 0) is 40.5 Å². The summed E-state index contributed by atoms with van der Waals surface area (Å²) < 4.78 is 143. The zero-order valence-electron chi connectivity index (χ0n) is 33.6. The molecule has 0 bridgehead atoms. The molecule has 0 saturated heterocycles. The van der Waals surface area contributed by atoms with Gasteiger partial charge in [-0.2, -0.15) is 10.2 Å². The summed E-state index contributed by atoms with van der Waals surface area (Å²) in [4.78, 5) is 10.5. The number of hydrogen-bond donors (Lipinski definition) is 2. The zero-order valence-corrected chi connectivity index (χ0v) is 44.9. The largest absolute Gasteiger partial charge is 1.00 e. The van der Waals surface area contributed by atoms with Gasteiger partial charge in [0.15, 0.2) is 0 Å². The van der Waals surface area contributed by atoms with E-state index < -0.39 is 71.6 Å². The Labute approximate surface area is 453 Å². The quantitative estimate of drug-likeness (QED) is 0.0424. The van der Waals surface area contributed by atoms with Crippen LogP contribution in [0.3, 0.4) is 0 Å². The molecule has 0 heterocycles. The summed E-state index contributed by atoms with van der Waals surface area (Å²) in [6.45, 7) is 0. The standard InChI is InChI=1S/C36H25N7O13S4.4Na/c37-20-4-7-25-19(14-20)15-34(60(54,55)56)35(36(25)44)43-42-33-13-11-31(27-9-6-24(18-29(27)33)59(51,52)53)40-41-32-12-10-30(26-8-5-23(17-28(26)32)58(48,49)50)39-38-21-2-1-3-22(16-21)57(45,46)47;;;;/h1-18,42H,37H2,(H,45,46,47)(H,48,49,50)(H,51,52,53)(H,54,55,56);;;;/q;4*+1/p-4/b39-38?,41-40?,43-35+;;;;. The Morgan fingerprint density at radius 3 is 1.56 bits per heavy atom. The molecule has 1 aliphatic rings. The van der Waals surface area contributed by atoms with E-state index in [1.807, 2.05) is 0 Å². The second-order valence-corrected chi connectivity index (χ2v) is 18.1. The number of nitrogens with zero attached hydrogens (tertiary/aromatic N) is 5. The van der Waals surface area contributed by atoms with Gasteiger partial charge in [-0.3, -0.25) is 10.2 Å². The summed E-state index contributed by atoms with van der Waals surface area (Å²) in [5.74, 6) is -0.955. The van der Waals surface area contributed by atoms with Crippen molar-refractivity contribution in [2.24, 2.45) is 25.6 Å². The molecular weight excluding hydrogens is 959 g/mol. The van der Waals surface area contributed by atoms with Crippen LogP contribution < -0.4 is 129 Å². The number of allylic oxidation sites excluding steroid dienone is 1. The summed E-state index contributed by atoms with van der Waals surface area (Å²) >= 11 is 0. The fourth-order valence-electron chi connectivity index (χ4n) is 5.97. The number of rotatable bonds is 10.